The average Bonchev–Trinajstić information content (AvgIpc) is 3.34. The van der Waals surface area contributed by atoms with Crippen LogP contribution in [0.25, 0.3) is 26.3 Å². The van der Waals surface area contributed by atoms with Crippen molar-refractivity contribution in [3.05, 3.63) is 47.5 Å². The third kappa shape index (κ3) is 2.74. The molecule has 0 aliphatic rings. The van der Waals surface area contributed by atoms with Gasteiger partial charge in [0.05, 0.1) is 10.6 Å². The van der Waals surface area contributed by atoms with Gasteiger partial charge in [0.15, 0.2) is 0 Å². The third-order valence-electron chi connectivity index (χ3n) is 3.48. The number of aromatic nitrogens is 6. The van der Waals surface area contributed by atoms with Crippen molar-refractivity contribution in [2.24, 2.45) is 0 Å². The van der Waals surface area contributed by atoms with Crippen LogP contribution in [0.4, 0.5) is 0 Å². The predicted molar refractivity (Wildman–Crippen MR) is 95.5 cm³/mol. The highest BCUT2D eigenvalue weighted by Crippen LogP contribution is 2.34. The Hall–Kier alpha value is -2.45. The minimum absolute atomic E-state index is 0.785. The number of aryl methyl sites for hydroxylation is 2. The largest absolute Gasteiger partial charge is 0.264 e. The molecule has 4 rings (SSSR count). The van der Waals surface area contributed by atoms with Crippen molar-refractivity contribution in [1.29, 1.82) is 0 Å². The van der Waals surface area contributed by atoms with E-state index in [1.54, 1.807) is 33.6 Å². The van der Waals surface area contributed by atoms with Crippen LogP contribution in [0.1, 0.15) is 17.6 Å². The molecule has 0 aliphatic carbocycles. The molecule has 0 N–H and O–H groups in total. The van der Waals surface area contributed by atoms with E-state index in [1.807, 2.05) is 37.5 Å². The van der Waals surface area contributed by atoms with Gasteiger partial charge in [0.2, 0.25) is 5.13 Å². The molecule has 4 aromatic rings. The van der Waals surface area contributed by atoms with E-state index >= 15 is 0 Å². The van der Waals surface area contributed by atoms with E-state index in [4.69, 9.17) is 0 Å². The first kappa shape index (κ1) is 15.1. The molecular weight excluding hydrogens is 340 g/mol. The van der Waals surface area contributed by atoms with Crippen LogP contribution >= 0.6 is 22.7 Å². The number of pyridine rings is 1. The van der Waals surface area contributed by atoms with E-state index in [2.05, 4.69) is 32.2 Å². The Labute approximate surface area is 146 Å². The maximum Gasteiger partial charge on any atom is 0.232 e. The van der Waals surface area contributed by atoms with Gasteiger partial charge >= 0.3 is 0 Å². The lowest BCUT2D eigenvalue weighted by molar-refractivity contribution is 0.843. The standard InChI is InChI=1S/C16H14N6S2/c1-3-13-19-20-16(23-13)22-8-6-12(21-22)14-10(2)18-15(24-14)11-5-4-7-17-9-11/h4-9H,3H2,1-2H3. The first-order valence-corrected chi connectivity index (χ1v) is 9.14. The molecule has 0 spiro atoms. The van der Waals surface area contributed by atoms with E-state index in [1.165, 1.54) is 0 Å². The summed E-state index contributed by atoms with van der Waals surface area (Å²) in [6, 6.07) is 5.92. The highest BCUT2D eigenvalue weighted by molar-refractivity contribution is 7.18. The molecule has 0 radical (unpaired) electrons. The molecule has 24 heavy (non-hydrogen) atoms. The monoisotopic (exact) mass is 354 g/mol. The molecule has 6 nitrogen and oxygen atoms in total. The van der Waals surface area contributed by atoms with Gasteiger partial charge in [-0.2, -0.15) is 5.10 Å². The van der Waals surface area contributed by atoms with Crippen molar-refractivity contribution in [3.63, 3.8) is 0 Å². The Morgan fingerprint density at radius 1 is 1.17 bits per heavy atom. The lowest BCUT2D eigenvalue weighted by atomic mass is 10.3. The van der Waals surface area contributed by atoms with Gasteiger partial charge in [-0.1, -0.05) is 18.3 Å². The van der Waals surface area contributed by atoms with E-state index in [9.17, 15) is 0 Å². The lowest BCUT2D eigenvalue weighted by Gasteiger charge is -1.94. The average molecular weight is 354 g/mol. The van der Waals surface area contributed by atoms with Crippen molar-refractivity contribution in [2.75, 3.05) is 0 Å². The molecule has 0 fully saturated rings. The van der Waals surface area contributed by atoms with Crippen molar-refractivity contribution in [1.82, 2.24) is 29.9 Å². The van der Waals surface area contributed by atoms with Gasteiger partial charge in [-0.3, -0.25) is 4.98 Å². The fraction of sp³-hybridized carbons (Fsp3) is 0.188. The molecule has 0 aliphatic heterocycles. The Morgan fingerprint density at radius 2 is 2.08 bits per heavy atom. The molecule has 0 saturated heterocycles. The van der Waals surface area contributed by atoms with Crippen LogP contribution in [0.5, 0.6) is 0 Å². The smallest absolute Gasteiger partial charge is 0.232 e. The first-order chi connectivity index (χ1) is 11.7. The number of hydrogen-bond donors (Lipinski definition) is 0. The molecule has 0 amide bonds. The van der Waals surface area contributed by atoms with Gasteiger partial charge in [-0.15, -0.1) is 21.5 Å². The summed E-state index contributed by atoms with van der Waals surface area (Å²) in [7, 11) is 0. The predicted octanol–water partition coefficient (Wildman–Crippen LogP) is 3.78. The third-order valence-corrected chi connectivity index (χ3v) is 5.77. The topological polar surface area (TPSA) is 69.4 Å². The van der Waals surface area contributed by atoms with Gasteiger partial charge in [-0.05, 0) is 31.5 Å². The number of hydrogen-bond acceptors (Lipinski definition) is 7. The SMILES string of the molecule is CCc1nnc(-n2ccc(-c3sc(-c4cccnc4)nc3C)n2)s1. The normalized spacial score (nSPS) is 11.1. The van der Waals surface area contributed by atoms with E-state index in [0.717, 1.165) is 43.4 Å². The van der Waals surface area contributed by atoms with Crippen molar-refractivity contribution in [3.8, 4) is 26.3 Å². The Balaban J connectivity index is 1.69. The first-order valence-electron chi connectivity index (χ1n) is 7.51. The molecule has 0 aromatic carbocycles. The van der Waals surface area contributed by atoms with Gasteiger partial charge in [0.1, 0.15) is 15.7 Å². The zero-order valence-electron chi connectivity index (χ0n) is 13.2. The Kier molecular flexibility index (Phi) is 3.91. The van der Waals surface area contributed by atoms with E-state index in [-0.39, 0.29) is 0 Å². The maximum absolute atomic E-state index is 4.66. The maximum atomic E-state index is 4.66. The summed E-state index contributed by atoms with van der Waals surface area (Å²) in [6.45, 7) is 4.07. The summed E-state index contributed by atoms with van der Waals surface area (Å²) in [5.74, 6) is 0. The van der Waals surface area contributed by atoms with Gasteiger partial charge in [-0.25, -0.2) is 9.67 Å². The van der Waals surface area contributed by atoms with Crippen LogP contribution in [0.2, 0.25) is 0 Å². The second-order valence-corrected chi connectivity index (χ2v) is 7.19. The molecule has 120 valence electrons. The van der Waals surface area contributed by atoms with Crippen LogP contribution in [0.15, 0.2) is 36.8 Å². The summed E-state index contributed by atoms with van der Waals surface area (Å²) in [4.78, 5) is 9.88. The van der Waals surface area contributed by atoms with Crippen LogP contribution < -0.4 is 0 Å². The minimum Gasteiger partial charge on any atom is -0.264 e. The van der Waals surface area contributed by atoms with Gasteiger partial charge < -0.3 is 0 Å². The summed E-state index contributed by atoms with van der Waals surface area (Å²) in [5.41, 5.74) is 2.89. The molecule has 8 heteroatoms. The van der Waals surface area contributed by atoms with Crippen LogP contribution in [-0.2, 0) is 6.42 Å². The van der Waals surface area contributed by atoms with Gasteiger partial charge in [0, 0.05) is 24.2 Å². The van der Waals surface area contributed by atoms with Gasteiger partial charge in [0.25, 0.3) is 0 Å². The highest BCUT2D eigenvalue weighted by Gasteiger charge is 2.15. The molecule has 0 atom stereocenters. The molecule has 0 saturated carbocycles. The fourth-order valence-corrected chi connectivity index (χ4v) is 4.01. The second kappa shape index (κ2) is 6.21. The van der Waals surface area contributed by atoms with Crippen molar-refractivity contribution in [2.45, 2.75) is 20.3 Å². The quantitative estimate of drug-likeness (QED) is 0.558. The molecule has 4 aromatic heterocycles. The highest BCUT2D eigenvalue weighted by atomic mass is 32.1. The number of rotatable bonds is 4. The summed E-state index contributed by atoms with van der Waals surface area (Å²) in [6.07, 6.45) is 6.39. The zero-order valence-corrected chi connectivity index (χ0v) is 14.8. The van der Waals surface area contributed by atoms with Crippen LogP contribution in [-0.4, -0.2) is 29.9 Å². The summed E-state index contributed by atoms with van der Waals surface area (Å²) < 4.78 is 1.77. The zero-order chi connectivity index (χ0) is 16.5. The van der Waals surface area contributed by atoms with E-state index < -0.39 is 0 Å². The number of thiazole rings is 1. The van der Waals surface area contributed by atoms with Crippen molar-refractivity contribution >= 4 is 22.7 Å². The van der Waals surface area contributed by atoms with Crippen LogP contribution in [0, 0.1) is 6.92 Å². The lowest BCUT2D eigenvalue weighted by Crippen LogP contribution is -1.93. The minimum atomic E-state index is 0.785. The number of nitrogens with zero attached hydrogens (tertiary/aromatic N) is 6. The summed E-state index contributed by atoms with van der Waals surface area (Å²) in [5, 5.41) is 15.7. The van der Waals surface area contributed by atoms with E-state index in [0.29, 0.717) is 0 Å². The Morgan fingerprint density at radius 3 is 2.83 bits per heavy atom. The van der Waals surface area contributed by atoms with Crippen molar-refractivity contribution < 1.29 is 0 Å². The second-order valence-electron chi connectivity index (χ2n) is 5.15. The fourth-order valence-electron chi connectivity index (χ4n) is 2.28. The molecule has 0 unspecified atom stereocenters. The Bertz CT molecular complexity index is 970. The molecule has 0 bridgehead atoms. The molecule has 4 heterocycles. The summed E-state index contributed by atoms with van der Waals surface area (Å²) >= 11 is 3.18. The van der Waals surface area contributed by atoms with Crippen LogP contribution in [0.3, 0.4) is 0 Å². The molecular formula is C16H14N6S2.